The second-order valence-electron chi connectivity index (χ2n) is 18.9. The summed E-state index contributed by atoms with van der Waals surface area (Å²) in [6, 6.07) is 41.8. The lowest BCUT2D eigenvalue weighted by atomic mass is 10.0. The van der Waals surface area contributed by atoms with Gasteiger partial charge in [0.25, 0.3) is 10.5 Å². The van der Waals surface area contributed by atoms with Crippen molar-refractivity contribution in [1.29, 1.82) is 0 Å². The minimum atomic E-state index is -4.34. The zero-order valence-electron chi connectivity index (χ0n) is 43.1. The van der Waals surface area contributed by atoms with Crippen molar-refractivity contribution < 1.29 is 61.9 Å². The van der Waals surface area contributed by atoms with Crippen LogP contribution >= 0.6 is 23.1 Å². The predicted molar refractivity (Wildman–Crippen MR) is 304 cm³/mol. The fourth-order valence-corrected chi connectivity index (χ4v) is 13.5. The van der Waals surface area contributed by atoms with Gasteiger partial charge in [-0.3, -0.25) is 0 Å². The van der Waals surface area contributed by atoms with Crippen LogP contribution in [0.25, 0.3) is 55.4 Å². The fourth-order valence-electron chi connectivity index (χ4n) is 9.64. The largest absolute Gasteiger partial charge is 0.748 e. The lowest BCUT2D eigenvalue weighted by Gasteiger charge is -2.20. The molecule has 0 spiro atoms. The predicted octanol–water partition coefficient (Wildman–Crippen LogP) is 10.6. The van der Waals surface area contributed by atoms with Crippen molar-refractivity contribution in [3.8, 4) is 22.6 Å². The number of thiazole rings is 1. The minimum Gasteiger partial charge on any atom is -0.748 e. The number of oxazole rings is 1. The molecule has 4 heterocycles. The molecule has 6 aromatic carbocycles. The third kappa shape index (κ3) is 14.1. The van der Waals surface area contributed by atoms with Crippen molar-refractivity contribution in [3.05, 3.63) is 149 Å². The average molecular weight is 1150 g/mol. The van der Waals surface area contributed by atoms with Gasteiger partial charge in [0.1, 0.15) is 16.5 Å². The third-order valence-electron chi connectivity index (χ3n) is 13.3. The lowest BCUT2D eigenvalue weighted by Crippen LogP contribution is -2.36. The Morgan fingerprint density at radius 3 is 2.10 bits per heavy atom. The van der Waals surface area contributed by atoms with Gasteiger partial charge in [0, 0.05) is 48.1 Å². The first kappa shape index (κ1) is 56.4. The van der Waals surface area contributed by atoms with Crippen molar-refractivity contribution in [3.63, 3.8) is 0 Å². The summed E-state index contributed by atoms with van der Waals surface area (Å²) in [5.41, 5.74) is 6.63. The fraction of sp³-hybridized carbons (Fsp3) is 0.298. The molecule has 0 saturated carbocycles. The second-order valence-corrected chi connectivity index (χ2v) is 25.6. The number of hydrogen-bond acceptors (Lipinski definition) is 16. The molecule has 8 aromatic rings. The van der Waals surface area contributed by atoms with Crippen LogP contribution in [-0.2, 0) is 43.4 Å². The smallest absolute Gasteiger partial charge is 0.379 e. The molecule has 0 bridgehead atoms. The Kier molecular flexibility index (Phi) is 17.9. The highest BCUT2D eigenvalue weighted by Crippen LogP contribution is 2.47. The van der Waals surface area contributed by atoms with Crippen LogP contribution in [0.5, 0.6) is 11.5 Å². The molecule has 2 aliphatic rings. The summed E-state index contributed by atoms with van der Waals surface area (Å²) in [5, 5.41) is 3.85. The molecule has 0 aliphatic carbocycles. The Hall–Kier alpha value is -6.30. The third-order valence-corrected chi connectivity index (χ3v) is 17.9. The summed E-state index contributed by atoms with van der Waals surface area (Å²) < 4.78 is 124. The van der Waals surface area contributed by atoms with Crippen molar-refractivity contribution in [1.82, 2.24) is 0 Å². The van der Waals surface area contributed by atoms with E-state index in [4.69, 9.17) is 13.9 Å². The number of para-hydroxylation sites is 1. The van der Waals surface area contributed by atoms with Crippen LogP contribution < -0.4 is 28.4 Å². The number of methoxy groups -OCH3 is 1. The molecule has 2 aliphatic heterocycles. The van der Waals surface area contributed by atoms with Crippen LogP contribution in [0.1, 0.15) is 69.2 Å². The first-order valence-corrected chi connectivity index (χ1v) is 32.1. The Morgan fingerprint density at radius 2 is 1.33 bits per heavy atom. The van der Waals surface area contributed by atoms with Crippen LogP contribution in [0.15, 0.2) is 148 Å². The quantitative estimate of drug-likeness (QED) is 0.0350. The van der Waals surface area contributed by atoms with Gasteiger partial charge in [0.05, 0.1) is 71.4 Å². The molecule has 410 valence electrons. The molecule has 10 rings (SSSR count). The van der Waals surface area contributed by atoms with Crippen LogP contribution in [-0.4, -0.2) is 76.4 Å². The van der Waals surface area contributed by atoms with Crippen LogP contribution in [0.4, 0.5) is 11.4 Å². The number of anilines is 2. The summed E-state index contributed by atoms with van der Waals surface area (Å²) in [4.78, 5) is 5.07. The number of unbranched alkanes of at least 4 members (excludes halogenated alkanes) is 4. The number of ether oxygens (including phenoxy) is 2. The van der Waals surface area contributed by atoms with Crippen LogP contribution in [0.2, 0.25) is 0 Å². The molecule has 0 unspecified atom stereocenters. The summed E-state index contributed by atoms with van der Waals surface area (Å²) in [6.07, 6.45) is 9.52. The van der Waals surface area contributed by atoms with E-state index in [0.717, 1.165) is 101 Å². The van der Waals surface area contributed by atoms with E-state index in [-0.39, 0.29) is 25.0 Å². The maximum atomic E-state index is 11.3. The lowest BCUT2D eigenvalue weighted by molar-refractivity contribution is -0.678. The highest BCUT2D eigenvalue weighted by atomic mass is 32.2. The number of fused-ring (bicyclic) bond motifs is 6. The first-order valence-electron chi connectivity index (χ1n) is 25.7. The Bertz CT molecular complexity index is 3860. The van der Waals surface area contributed by atoms with Crippen molar-refractivity contribution in [2.24, 2.45) is 0 Å². The van der Waals surface area contributed by atoms with Gasteiger partial charge in [-0.15, -0.1) is 0 Å². The normalized spacial score (nSPS) is 14.6. The van der Waals surface area contributed by atoms with Crippen LogP contribution in [0.3, 0.4) is 0 Å². The van der Waals surface area contributed by atoms with Gasteiger partial charge < -0.3 is 37.3 Å². The van der Waals surface area contributed by atoms with E-state index in [1.54, 1.807) is 30.2 Å². The zero-order valence-corrected chi connectivity index (χ0v) is 47.2. The first-order chi connectivity index (χ1) is 37.4. The minimum absolute atomic E-state index is 0.181. The van der Waals surface area contributed by atoms with E-state index in [1.807, 2.05) is 131 Å². The number of hydrogen-bond donors (Lipinski definition) is 0. The van der Waals surface area contributed by atoms with Gasteiger partial charge in [-0.05, 0) is 90.7 Å². The molecule has 0 saturated heterocycles. The number of benzene rings is 6. The summed E-state index contributed by atoms with van der Waals surface area (Å²) in [7, 11) is -11.3. The van der Waals surface area contributed by atoms with E-state index in [0.29, 0.717) is 43.6 Å². The van der Waals surface area contributed by atoms with Crippen molar-refractivity contribution >= 4 is 109 Å². The standard InChI is InChI=1S/C32H36N2O6S.C25H24N2O6S4/c1-3-4-5-9-18-34-28-22-26(38-2)15-17-30(28)40-32(34)23-31-33(19-10-11-20-41(35,36)37)27-21-25(14-16-29(27)39-31)24-12-7-6-8-13-24;28-36(29,30)15-5-13-26-20-9-3-4-10-21(20)34-23(26)17-24-27(14-6-16-37(31,32)33)25-19-8-2-1-7-18(19)11-12-22(25)35-24/h6-8,12-17,21-23H,3-5,9-11,18-20H2,1-2H3;1-4,7-12,17H,5-6,13-16H2,(H-,28,29,30,31,32,33)/p-1. The average Bonchev–Trinajstić information content (AvgIpc) is 4.29. The Balaban J connectivity index is 0.000000191. The second kappa shape index (κ2) is 24.8. The maximum Gasteiger partial charge on any atom is 0.379 e. The van der Waals surface area contributed by atoms with Crippen molar-refractivity contribution in [2.75, 3.05) is 47.3 Å². The molecule has 0 atom stereocenters. The number of rotatable bonds is 22. The molecule has 2 aromatic heterocycles. The zero-order chi connectivity index (χ0) is 55.0. The molecule has 78 heavy (non-hydrogen) atoms. The molecule has 0 fully saturated rings. The summed E-state index contributed by atoms with van der Waals surface area (Å²) in [6.45, 7) is 4.17. The molecular formula is C57H59N4O12S5-. The van der Waals surface area contributed by atoms with E-state index in [2.05, 4.69) is 34.3 Å². The number of aromatic nitrogens is 2. The molecular weight excluding hydrogens is 1090 g/mol. The van der Waals surface area contributed by atoms with Crippen molar-refractivity contribution in [2.45, 2.75) is 76.3 Å². The highest BCUT2D eigenvalue weighted by Gasteiger charge is 2.32. The van der Waals surface area contributed by atoms with E-state index >= 15 is 0 Å². The van der Waals surface area contributed by atoms with E-state index in [9.17, 15) is 38.9 Å². The topological polar surface area (TPSA) is 217 Å². The Morgan fingerprint density at radius 1 is 0.628 bits per heavy atom. The molecule has 16 nitrogen and oxygen atoms in total. The van der Waals surface area contributed by atoms with Gasteiger partial charge >= 0.3 is 5.89 Å². The highest BCUT2D eigenvalue weighted by molar-refractivity contribution is 8.04. The summed E-state index contributed by atoms with van der Waals surface area (Å²) in [5.74, 6) is 1.43. The monoisotopic (exact) mass is 1150 g/mol. The van der Waals surface area contributed by atoms with E-state index in [1.165, 1.54) is 6.42 Å². The van der Waals surface area contributed by atoms with Gasteiger partial charge in [0.15, 0.2) is 18.8 Å². The van der Waals surface area contributed by atoms with Gasteiger partial charge in [-0.25, -0.2) is 25.3 Å². The Labute approximate surface area is 463 Å². The van der Waals surface area contributed by atoms with E-state index < -0.39 is 41.9 Å². The maximum absolute atomic E-state index is 11.3. The number of aryl methyl sites for hydroxylation is 2. The molecule has 0 N–H and O–H groups in total. The van der Waals surface area contributed by atoms with Gasteiger partial charge in [-0.2, -0.15) is 9.13 Å². The van der Waals surface area contributed by atoms with Gasteiger partial charge in [0.2, 0.25) is 17.0 Å². The molecule has 0 radical (unpaired) electrons. The van der Waals surface area contributed by atoms with Crippen LogP contribution in [0, 0.1) is 0 Å². The SMILES string of the molecule is CCCCCC[n+]1c(C=C2Oc3ccc(-c4ccccc4)cc3N2CCCCS(=O)(=O)[O-])oc2ccc(OC)cc21.O=S(=O)([O-])CCCN1/C(=C/c2sc3ccc4ccccc4c3[n+]2CCCS(=O)(=O)[O-])Sc2ccccc21. The van der Waals surface area contributed by atoms with Gasteiger partial charge in [-0.1, -0.05) is 116 Å². The summed E-state index contributed by atoms with van der Waals surface area (Å²) >= 11 is 3.12. The number of nitrogens with zero attached hydrogens (tertiary/aromatic N) is 4. The molecule has 0 amide bonds. The molecule has 21 heteroatoms. The number of thioether (sulfide) groups is 1.